The molecule has 2 aromatic rings. The first-order chi connectivity index (χ1) is 13.5. The molecule has 0 aliphatic carbocycles. The van der Waals surface area contributed by atoms with Crippen molar-refractivity contribution in [3.63, 3.8) is 0 Å². The van der Waals surface area contributed by atoms with Gasteiger partial charge < -0.3 is 19.5 Å². The van der Waals surface area contributed by atoms with Crippen molar-refractivity contribution in [3.8, 4) is 0 Å². The van der Waals surface area contributed by atoms with Gasteiger partial charge in [0.1, 0.15) is 6.58 Å². The van der Waals surface area contributed by atoms with E-state index in [1.807, 2.05) is 24.3 Å². The van der Waals surface area contributed by atoms with Gasteiger partial charge in [-0.2, -0.15) is 0 Å². The van der Waals surface area contributed by atoms with Crippen LogP contribution in [0.25, 0.3) is 0 Å². The highest BCUT2D eigenvalue weighted by Crippen LogP contribution is 2.18. The number of methoxy groups -OCH3 is 2. The van der Waals surface area contributed by atoms with Crippen LogP contribution in [0.5, 0.6) is 0 Å². The van der Waals surface area contributed by atoms with Crippen LogP contribution < -0.4 is 5.32 Å². The highest BCUT2D eigenvalue weighted by molar-refractivity contribution is 5.82. The van der Waals surface area contributed by atoms with Crippen molar-refractivity contribution in [3.05, 3.63) is 71.8 Å². The molecule has 6 nitrogen and oxygen atoms in total. The molecule has 2 aromatic carbocycles. The van der Waals surface area contributed by atoms with Gasteiger partial charge in [0.05, 0.1) is 7.41 Å². The molecular weight excluding hydrogens is 346 g/mol. The molecule has 0 bridgehead atoms. The maximum atomic E-state index is 12.5. The molecule has 2 unspecified atom stereocenters. The fourth-order valence-electron chi connectivity index (χ4n) is 2.58. The minimum atomic E-state index is -1.30. The number of amides is 1. The van der Waals surface area contributed by atoms with Crippen molar-refractivity contribution < 1.29 is 25.2 Å². The average molecular weight is 372 g/mol. The van der Waals surface area contributed by atoms with Gasteiger partial charge in [-0.3, -0.25) is 4.79 Å². The molecule has 0 saturated carbocycles. The first-order valence-electron chi connectivity index (χ1n) is 9.14. The maximum absolute atomic E-state index is 12.5. The molecule has 144 valence electrons. The first-order valence-corrected chi connectivity index (χ1v) is 8.56. The molecule has 1 amide bonds. The van der Waals surface area contributed by atoms with Crippen molar-refractivity contribution in [2.24, 2.45) is 0 Å². The Bertz CT molecular complexity index is 690. The highest BCUT2D eigenvalue weighted by Gasteiger charge is 2.24. The maximum Gasteiger partial charge on any atom is 0.339 e. The van der Waals surface area contributed by atoms with E-state index in [1.165, 1.54) is 14.2 Å². The zero-order valence-corrected chi connectivity index (χ0v) is 15.6. The quantitative estimate of drug-likeness (QED) is 0.685. The summed E-state index contributed by atoms with van der Waals surface area (Å²) in [7, 11) is 2.83. The standard InChI is InChI=1S/C21H25NO5/c1-15(22-20(23)18(25-2)16-10-6-4-7-11-16)14-27-21(24)19(26-3)17-12-8-5-9-13-17/h4-13,15,18-19H,14H2,1-3H3,(H,22,23)/t15-,18?,19?/m0/s1/i14D/t14-,15-,18?,19?. The molecule has 0 saturated heterocycles. The number of carbonyl (C=O) groups is 2. The Morgan fingerprint density at radius 1 is 0.926 bits per heavy atom. The fraction of sp³-hybridized carbons (Fsp3) is 0.333. The van der Waals surface area contributed by atoms with Crippen LogP contribution in [0.3, 0.4) is 0 Å². The normalized spacial score (nSPS) is 15.7. The number of carbonyl (C=O) groups excluding carboxylic acids is 2. The van der Waals surface area contributed by atoms with Gasteiger partial charge in [-0.15, -0.1) is 0 Å². The average Bonchev–Trinajstić information content (AvgIpc) is 2.70. The number of nitrogens with one attached hydrogen (secondary N) is 1. The molecule has 0 heterocycles. The smallest absolute Gasteiger partial charge is 0.339 e. The molecule has 0 spiro atoms. The van der Waals surface area contributed by atoms with Crippen LogP contribution >= 0.6 is 0 Å². The topological polar surface area (TPSA) is 73.9 Å². The number of hydrogen-bond acceptors (Lipinski definition) is 5. The third-order valence-electron chi connectivity index (χ3n) is 3.89. The van der Waals surface area contributed by atoms with Gasteiger partial charge in [0, 0.05) is 14.2 Å². The molecule has 0 aliphatic rings. The lowest BCUT2D eigenvalue weighted by Crippen LogP contribution is -2.40. The Morgan fingerprint density at radius 2 is 1.41 bits per heavy atom. The van der Waals surface area contributed by atoms with Crippen molar-refractivity contribution in [1.82, 2.24) is 5.32 Å². The Kier molecular flexibility index (Phi) is 7.38. The van der Waals surface area contributed by atoms with Crippen LogP contribution in [-0.2, 0) is 23.8 Å². The van der Waals surface area contributed by atoms with Crippen molar-refractivity contribution in [2.75, 3.05) is 20.8 Å². The summed E-state index contributed by atoms with van der Waals surface area (Å²) >= 11 is 0. The second-order valence-corrected chi connectivity index (χ2v) is 5.92. The first kappa shape index (κ1) is 19.1. The van der Waals surface area contributed by atoms with E-state index in [9.17, 15) is 9.59 Å². The fourth-order valence-corrected chi connectivity index (χ4v) is 2.58. The van der Waals surface area contributed by atoms with Gasteiger partial charge in [0.2, 0.25) is 0 Å². The number of hydrogen-bond donors (Lipinski definition) is 1. The Balaban J connectivity index is 1.97. The molecule has 0 fully saturated rings. The lowest BCUT2D eigenvalue weighted by Gasteiger charge is -2.21. The summed E-state index contributed by atoms with van der Waals surface area (Å²) in [5, 5.41) is 2.66. The molecule has 2 rings (SSSR count). The second kappa shape index (κ2) is 10.4. The summed E-state index contributed by atoms with van der Waals surface area (Å²) < 4.78 is 23.7. The minimum Gasteiger partial charge on any atom is -0.461 e. The van der Waals surface area contributed by atoms with Gasteiger partial charge in [0.15, 0.2) is 12.2 Å². The van der Waals surface area contributed by atoms with Crippen molar-refractivity contribution in [2.45, 2.75) is 25.2 Å². The number of esters is 1. The lowest BCUT2D eigenvalue weighted by atomic mass is 10.1. The summed E-state index contributed by atoms with van der Waals surface area (Å²) in [6, 6.07) is 17.1. The van der Waals surface area contributed by atoms with Crippen LogP contribution in [0, 0.1) is 0 Å². The predicted octanol–water partition coefficient (Wildman–Crippen LogP) is 2.81. The van der Waals surface area contributed by atoms with Gasteiger partial charge in [-0.25, -0.2) is 4.79 Å². The van der Waals surface area contributed by atoms with Crippen LogP contribution in [-0.4, -0.2) is 38.7 Å². The summed E-state index contributed by atoms with van der Waals surface area (Å²) in [5.41, 5.74) is 1.32. The van der Waals surface area contributed by atoms with E-state index in [2.05, 4.69) is 5.32 Å². The van der Waals surface area contributed by atoms with Gasteiger partial charge in [-0.1, -0.05) is 60.7 Å². The van der Waals surface area contributed by atoms with Crippen LogP contribution in [0.15, 0.2) is 60.7 Å². The zero-order valence-electron chi connectivity index (χ0n) is 16.6. The predicted molar refractivity (Wildman–Crippen MR) is 101 cm³/mol. The summed E-state index contributed by atoms with van der Waals surface area (Å²) in [6.45, 7) is 0.288. The molecule has 1 N–H and O–H groups in total. The van der Waals surface area contributed by atoms with Crippen LogP contribution in [0.1, 0.15) is 31.6 Å². The van der Waals surface area contributed by atoms with E-state index in [0.717, 1.165) is 0 Å². The Labute approximate surface area is 160 Å². The van der Waals surface area contributed by atoms with Gasteiger partial charge in [-0.05, 0) is 18.1 Å². The van der Waals surface area contributed by atoms with Crippen molar-refractivity contribution in [1.29, 1.82) is 0 Å². The van der Waals surface area contributed by atoms with Crippen LogP contribution in [0.2, 0.25) is 0 Å². The van der Waals surface area contributed by atoms with E-state index in [4.69, 9.17) is 15.6 Å². The summed E-state index contributed by atoms with van der Waals surface area (Å²) in [5.74, 6) is -1.11. The molecule has 4 atom stereocenters. The van der Waals surface area contributed by atoms with Crippen molar-refractivity contribution >= 4 is 11.9 Å². The van der Waals surface area contributed by atoms with Gasteiger partial charge >= 0.3 is 5.97 Å². The molecule has 27 heavy (non-hydrogen) atoms. The molecule has 0 aromatic heterocycles. The third kappa shape index (κ3) is 5.91. The summed E-state index contributed by atoms with van der Waals surface area (Å²) in [6.07, 6.45) is -1.75. The minimum absolute atomic E-state index is 0.416. The van der Waals surface area contributed by atoms with E-state index < -0.39 is 36.7 Å². The zero-order chi connectivity index (χ0) is 20.5. The Hall–Kier alpha value is -2.70. The second-order valence-electron chi connectivity index (χ2n) is 5.92. The number of rotatable bonds is 9. The monoisotopic (exact) mass is 372 g/mol. The van der Waals surface area contributed by atoms with E-state index >= 15 is 0 Å². The molecular formula is C21H25NO5. The summed E-state index contributed by atoms with van der Waals surface area (Å²) in [4.78, 5) is 24.9. The third-order valence-corrected chi connectivity index (χ3v) is 3.89. The highest BCUT2D eigenvalue weighted by atomic mass is 16.6. The Morgan fingerprint density at radius 3 is 1.89 bits per heavy atom. The van der Waals surface area contributed by atoms with Crippen LogP contribution in [0.4, 0.5) is 0 Å². The lowest BCUT2D eigenvalue weighted by molar-refractivity contribution is -0.157. The van der Waals surface area contributed by atoms with Gasteiger partial charge in [0.25, 0.3) is 5.91 Å². The largest absolute Gasteiger partial charge is 0.461 e. The molecule has 0 radical (unpaired) electrons. The van der Waals surface area contributed by atoms with E-state index in [0.29, 0.717) is 11.1 Å². The SMILES string of the molecule is [2H][C@H](OC(=O)C(OC)c1ccccc1)[C@H](C)NC(=O)C(OC)c1ccccc1. The van der Waals surface area contributed by atoms with E-state index in [-0.39, 0.29) is 0 Å². The number of benzene rings is 2. The molecule has 6 heteroatoms. The van der Waals surface area contributed by atoms with E-state index in [1.54, 1.807) is 43.3 Å². The number of ether oxygens (including phenoxy) is 3. The molecule has 0 aliphatic heterocycles.